The van der Waals surface area contributed by atoms with Gasteiger partial charge in [-0.1, -0.05) is 5.92 Å². The van der Waals surface area contributed by atoms with Crippen LogP contribution in [0.25, 0.3) is 0 Å². The Hall–Kier alpha value is -0.970. The third kappa shape index (κ3) is 2.10. The Labute approximate surface area is 61.9 Å². The maximum atomic E-state index is 5.02. The van der Waals surface area contributed by atoms with Crippen LogP contribution in [0.2, 0.25) is 0 Å². The number of rotatable bonds is 1. The molecule has 10 heavy (non-hydrogen) atoms. The van der Waals surface area contributed by atoms with Gasteiger partial charge in [-0.3, -0.25) is 5.01 Å². The molecule has 0 saturated carbocycles. The maximum absolute atomic E-state index is 5.02. The Bertz CT molecular complexity index is 149. The largest absolute Gasteiger partial charge is 0.296 e. The van der Waals surface area contributed by atoms with Gasteiger partial charge in [0.25, 0.3) is 0 Å². The van der Waals surface area contributed by atoms with Gasteiger partial charge in [0.05, 0.1) is 6.21 Å². The lowest BCUT2D eigenvalue weighted by Crippen LogP contribution is -2.24. The van der Waals surface area contributed by atoms with Crippen molar-refractivity contribution in [2.45, 2.75) is 19.3 Å². The average molecular weight is 136 g/mol. The van der Waals surface area contributed by atoms with Gasteiger partial charge in [-0.05, 0) is 19.3 Å². The summed E-state index contributed by atoms with van der Waals surface area (Å²) in [6, 6.07) is 0. The van der Waals surface area contributed by atoms with Crippen molar-refractivity contribution in [1.29, 1.82) is 0 Å². The van der Waals surface area contributed by atoms with Gasteiger partial charge < -0.3 is 0 Å². The van der Waals surface area contributed by atoms with E-state index in [9.17, 15) is 0 Å². The summed E-state index contributed by atoms with van der Waals surface area (Å²) in [4.78, 5) is 0. The van der Waals surface area contributed by atoms with Crippen LogP contribution in [-0.2, 0) is 0 Å². The Morgan fingerprint density at radius 3 is 2.60 bits per heavy atom. The summed E-state index contributed by atoms with van der Waals surface area (Å²) in [5.74, 6) is 2.38. The van der Waals surface area contributed by atoms with Crippen LogP contribution in [0.15, 0.2) is 5.10 Å². The number of nitrogens with zero attached hydrogens (tertiary/aromatic N) is 2. The second-order valence-corrected chi connectivity index (χ2v) is 2.43. The van der Waals surface area contributed by atoms with Crippen LogP contribution in [0.5, 0.6) is 0 Å². The van der Waals surface area contributed by atoms with Crippen LogP contribution in [0.3, 0.4) is 0 Å². The third-order valence-corrected chi connectivity index (χ3v) is 1.63. The van der Waals surface area contributed by atoms with Gasteiger partial charge in [-0.25, -0.2) is 0 Å². The number of piperidine rings is 1. The Morgan fingerprint density at radius 2 is 2.00 bits per heavy atom. The monoisotopic (exact) mass is 136 g/mol. The van der Waals surface area contributed by atoms with E-state index in [2.05, 4.69) is 11.0 Å². The first kappa shape index (κ1) is 7.14. The molecular weight excluding hydrogens is 124 g/mol. The van der Waals surface area contributed by atoms with Crippen molar-refractivity contribution in [3.63, 3.8) is 0 Å². The Balaban J connectivity index is 2.27. The smallest absolute Gasteiger partial charge is 0.0965 e. The lowest BCUT2D eigenvalue weighted by molar-refractivity contribution is 0.241. The van der Waals surface area contributed by atoms with Crippen LogP contribution in [0.4, 0.5) is 0 Å². The van der Waals surface area contributed by atoms with Crippen molar-refractivity contribution in [3.05, 3.63) is 0 Å². The van der Waals surface area contributed by atoms with Gasteiger partial charge in [-0.2, -0.15) is 5.10 Å². The molecule has 1 aliphatic heterocycles. The van der Waals surface area contributed by atoms with Gasteiger partial charge >= 0.3 is 0 Å². The van der Waals surface area contributed by atoms with Crippen molar-refractivity contribution in [3.8, 4) is 12.3 Å². The van der Waals surface area contributed by atoms with Gasteiger partial charge in [0.15, 0.2) is 0 Å². The van der Waals surface area contributed by atoms with Crippen LogP contribution in [-0.4, -0.2) is 24.3 Å². The summed E-state index contributed by atoms with van der Waals surface area (Å²) in [6.07, 6.45) is 10.4. The topological polar surface area (TPSA) is 15.6 Å². The van der Waals surface area contributed by atoms with E-state index in [4.69, 9.17) is 6.42 Å². The fraction of sp³-hybridized carbons (Fsp3) is 0.625. The van der Waals surface area contributed by atoms with Crippen LogP contribution in [0, 0.1) is 12.3 Å². The number of hydrogen-bond donors (Lipinski definition) is 0. The molecule has 1 rings (SSSR count). The van der Waals surface area contributed by atoms with Crippen molar-refractivity contribution in [1.82, 2.24) is 5.01 Å². The molecule has 0 aromatic carbocycles. The molecule has 0 bridgehead atoms. The molecule has 0 aromatic heterocycles. The minimum atomic E-state index is 1.07. The van der Waals surface area contributed by atoms with Gasteiger partial charge in [-0.15, -0.1) is 6.42 Å². The summed E-state index contributed by atoms with van der Waals surface area (Å²) in [5, 5.41) is 6.10. The van der Waals surface area contributed by atoms with E-state index in [1.54, 1.807) is 0 Å². The molecule has 0 atom stereocenters. The SMILES string of the molecule is C#C/C=N\N1CCCCC1. The highest BCUT2D eigenvalue weighted by molar-refractivity contribution is 5.76. The predicted molar refractivity (Wildman–Crippen MR) is 42.7 cm³/mol. The molecule has 0 amide bonds. The maximum Gasteiger partial charge on any atom is 0.0965 e. The third-order valence-electron chi connectivity index (χ3n) is 1.63. The van der Waals surface area contributed by atoms with Crippen molar-refractivity contribution in [2.75, 3.05) is 13.1 Å². The van der Waals surface area contributed by atoms with E-state index in [-0.39, 0.29) is 0 Å². The average Bonchev–Trinajstić information content (AvgIpc) is 2.03. The molecule has 0 N–H and O–H groups in total. The van der Waals surface area contributed by atoms with E-state index in [0.717, 1.165) is 13.1 Å². The number of hydrazone groups is 1. The molecule has 0 aliphatic carbocycles. The standard InChI is InChI=1S/C8H12N2/c1-2-6-9-10-7-4-3-5-8-10/h1,6H,3-5,7-8H2/b9-6-. The van der Waals surface area contributed by atoms with Crippen LogP contribution < -0.4 is 0 Å². The van der Waals surface area contributed by atoms with Crippen molar-refractivity contribution >= 4 is 6.21 Å². The highest BCUT2D eigenvalue weighted by atomic mass is 15.4. The molecule has 1 aliphatic rings. The lowest BCUT2D eigenvalue weighted by Gasteiger charge is -2.22. The summed E-state index contributed by atoms with van der Waals surface area (Å²) in [5.41, 5.74) is 0. The summed E-state index contributed by atoms with van der Waals surface area (Å²) in [7, 11) is 0. The van der Waals surface area contributed by atoms with Gasteiger partial charge in [0, 0.05) is 13.1 Å². The van der Waals surface area contributed by atoms with E-state index in [0.29, 0.717) is 0 Å². The second-order valence-electron chi connectivity index (χ2n) is 2.43. The van der Waals surface area contributed by atoms with E-state index in [1.165, 1.54) is 25.5 Å². The summed E-state index contributed by atoms with van der Waals surface area (Å²) < 4.78 is 0. The lowest BCUT2D eigenvalue weighted by atomic mass is 10.2. The first-order valence-electron chi connectivity index (χ1n) is 3.67. The molecule has 2 heteroatoms. The quantitative estimate of drug-likeness (QED) is 0.389. The normalized spacial score (nSPS) is 19.3. The van der Waals surface area contributed by atoms with E-state index < -0.39 is 0 Å². The minimum Gasteiger partial charge on any atom is -0.296 e. The highest BCUT2D eigenvalue weighted by Gasteiger charge is 2.05. The molecule has 0 spiro atoms. The fourth-order valence-electron chi connectivity index (χ4n) is 1.11. The molecule has 0 radical (unpaired) electrons. The molecule has 1 saturated heterocycles. The summed E-state index contributed by atoms with van der Waals surface area (Å²) >= 11 is 0. The Morgan fingerprint density at radius 1 is 1.30 bits per heavy atom. The zero-order valence-corrected chi connectivity index (χ0v) is 6.08. The second kappa shape index (κ2) is 3.94. The van der Waals surface area contributed by atoms with Crippen LogP contribution in [0.1, 0.15) is 19.3 Å². The van der Waals surface area contributed by atoms with E-state index >= 15 is 0 Å². The van der Waals surface area contributed by atoms with Crippen molar-refractivity contribution in [2.24, 2.45) is 5.10 Å². The first-order chi connectivity index (χ1) is 4.93. The molecule has 54 valence electrons. The molecular formula is C8H12N2. The molecule has 0 aromatic rings. The molecule has 2 nitrogen and oxygen atoms in total. The molecule has 1 heterocycles. The first-order valence-corrected chi connectivity index (χ1v) is 3.67. The summed E-state index contributed by atoms with van der Waals surface area (Å²) in [6.45, 7) is 2.14. The Kier molecular flexibility index (Phi) is 2.82. The molecule has 0 unspecified atom stereocenters. The van der Waals surface area contributed by atoms with Gasteiger partial charge in [0.2, 0.25) is 0 Å². The predicted octanol–water partition coefficient (Wildman–Crippen LogP) is 1.09. The van der Waals surface area contributed by atoms with Crippen molar-refractivity contribution < 1.29 is 0 Å². The number of hydrogen-bond acceptors (Lipinski definition) is 2. The fourth-order valence-corrected chi connectivity index (χ4v) is 1.11. The van der Waals surface area contributed by atoms with Crippen LogP contribution >= 0.6 is 0 Å². The zero-order valence-electron chi connectivity index (χ0n) is 6.08. The highest BCUT2D eigenvalue weighted by Crippen LogP contribution is 2.07. The molecule has 1 fully saturated rings. The minimum absolute atomic E-state index is 1.07. The zero-order chi connectivity index (χ0) is 7.23. The van der Waals surface area contributed by atoms with Gasteiger partial charge in [0.1, 0.15) is 0 Å². The van der Waals surface area contributed by atoms with E-state index in [1.807, 2.05) is 5.01 Å². The number of terminal acetylenes is 1.